The van der Waals surface area contributed by atoms with Crippen molar-refractivity contribution in [2.75, 3.05) is 29.9 Å². The zero-order valence-electron chi connectivity index (χ0n) is 21.0. The Hall–Kier alpha value is -3.96. The maximum atomic E-state index is 14.4. The number of methoxy groups -OCH3 is 1. The first kappa shape index (κ1) is 24.7. The number of ether oxygens (including phenoxy) is 1. The van der Waals surface area contributed by atoms with Gasteiger partial charge in [-0.15, -0.1) is 6.42 Å². The van der Waals surface area contributed by atoms with Crippen molar-refractivity contribution < 1.29 is 17.9 Å². The minimum absolute atomic E-state index is 0.206. The predicted molar refractivity (Wildman–Crippen MR) is 144 cm³/mol. The molecule has 2 aliphatic heterocycles. The molecule has 0 saturated heterocycles. The zero-order valence-corrected chi connectivity index (χ0v) is 21.8. The highest BCUT2D eigenvalue weighted by molar-refractivity contribution is 7.92. The average molecular weight is 516 g/mol. The summed E-state index contributed by atoms with van der Waals surface area (Å²) in [6, 6.07) is 22.2. The molecule has 0 fully saturated rings. The summed E-state index contributed by atoms with van der Waals surface area (Å²) < 4.78 is 35.2. The van der Waals surface area contributed by atoms with E-state index in [2.05, 4.69) is 11.2 Å². The summed E-state index contributed by atoms with van der Waals surface area (Å²) in [5.74, 6) is 2.57. The molecule has 7 nitrogen and oxygen atoms in total. The second kappa shape index (κ2) is 9.16. The van der Waals surface area contributed by atoms with Crippen LogP contribution in [0, 0.1) is 19.3 Å². The smallest absolute Gasteiger partial charge is 0.406 e. The van der Waals surface area contributed by atoms with Gasteiger partial charge in [-0.2, -0.15) is 0 Å². The molecule has 0 bridgehead atoms. The molecule has 3 aromatic carbocycles. The van der Waals surface area contributed by atoms with E-state index in [0.717, 1.165) is 22.4 Å². The van der Waals surface area contributed by atoms with Gasteiger partial charge in [0.1, 0.15) is 6.17 Å². The molecule has 3 aromatic rings. The number of para-hydroxylation sites is 2. The van der Waals surface area contributed by atoms with Gasteiger partial charge in [-0.1, -0.05) is 60.0 Å². The summed E-state index contributed by atoms with van der Waals surface area (Å²) >= 11 is 0. The number of hydrogen-bond acceptors (Lipinski definition) is 5. The van der Waals surface area contributed by atoms with Crippen molar-refractivity contribution in [2.45, 2.75) is 35.7 Å². The number of nitrogens with zero attached hydrogens (tertiary/aromatic N) is 2. The number of benzene rings is 3. The molecule has 0 spiro atoms. The van der Waals surface area contributed by atoms with Crippen molar-refractivity contribution in [3.63, 3.8) is 0 Å². The summed E-state index contributed by atoms with van der Waals surface area (Å²) in [4.78, 5) is 14.2. The quantitative estimate of drug-likeness (QED) is 0.510. The maximum absolute atomic E-state index is 14.4. The average Bonchev–Trinajstić information content (AvgIpc) is 3.15. The first-order valence-corrected chi connectivity index (χ1v) is 13.5. The van der Waals surface area contributed by atoms with Crippen LogP contribution in [-0.2, 0) is 20.2 Å². The number of hydrogen-bond donors (Lipinski definition) is 1. The second-order valence-electron chi connectivity index (χ2n) is 9.48. The molecule has 3 atom stereocenters. The van der Waals surface area contributed by atoms with Gasteiger partial charge in [0.15, 0.2) is 0 Å². The Morgan fingerprint density at radius 1 is 1.05 bits per heavy atom. The first-order chi connectivity index (χ1) is 17.8. The summed E-state index contributed by atoms with van der Waals surface area (Å²) in [7, 11) is -0.789. The van der Waals surface area contributed by atoms with Crippen LogP contribution in [0.1, 0.15) is 29.0 Å². The highest BCUT2D eigenvalue weighted by atomic mass is 32.2. The van der Waals surface area contributed by atoms with Crippen LogP contribution in [0.15, 0.2) is 77.7 Å². The molecule has 8 heteroatoms. The van der Waals surface area contributed by atoms with E-state index >= 15 is 0 Å². The van der Waals surface area contributed by atoms with Gasteiger partial charge in [-0.3, -0.25) is 0 Å². The second-order valence-corrected chi connectivity index (χ2v) is 11.3. The van der Waals surface area contributed by atoms with Gasteiger partial charge in [0.25, 0.3) is 10.0 Å². The first-order valence-electron chi connectivity index (χ1n) is 12.1. The molecule has 0 unspecified atom stereocenters. The lowest BCUT2D eigenvalue weighted by molar-refractivity contribution is 0.169. The molecule has 0 aliphatic carbocycles. The lowest BCUT2D eigenvalue weighted by Gasteiger charge is -2.52. The fourth-order valence-electron chi connectivity index (χ4n) is 5.98. The Morgan fingerprint density at radius 3 is 2.38 bits per heavy atom. The molecule has 1 N–H and O–H groups in total. The number of nitrogens with one attached hydrogen (secondary N) is 1. The molecular weight excluding hydrogens is 486 g/mol. The number of terminal acetylenes is 1. The van der Waals surface area contributed by atoms with E-state index in [1.165, 1.54) is 11.4 Å². The van der Waals surface area contributed by atoms with Crippen molar-refractivity contribution in [3.8, 4) is 12.3 Å². The number of fused-ring (bicyclic) bond motifs is 4. The van der Waals surface area contributed by atoms with Gasteiger partial charge in [-0.25, -0.2) is 17.5 Å². The van der Waals surface area contributed by atoms with E-state index in [-0.39, 0.29) is 11.4 Å². The molecule has 1 amide bonds. The minimum Gasteiger partial charge on any atom is -0.453 e. The molecular formula is C29H29N3O4S. The number of carbonyl (C=O) groups is 1. The SMILES string of the molecule is C#C[C@H]1c2ccccc2N(S(=O)(=O)c2ccc(C)cc2)[C@H]2N(C)c3ccccc3[C@]21CCNC(=O)OC. The molecule has 0 aromatic heterocycles. The van der Waals surface area contributed by atoms with E-state index in [4.69, 9.17) is 11.2 Å². The molecule has 2 heterocycles. The molecule has 2 aliphatic rings. The van der Waals surface area contributed by atoms with Crippen LogP contribution in [0.4, 0.5) is 16.2 Å². The van der Waals surface area contributed by atoms with Crippen LogP contribution in [0.3, 0.4) is 0 Å². The molecule has 37 heavy (non-hydrogen) atoms. The van der Waals surface area contributed by atoms with Gasteiger partial charge in [-0.05, 0) is 48.7 Å². The third kappa shape index (κ3) is 3.65. The summed E-state index contributed by atoms with van der Waals surface area (Å²) in [6.07, 6.45) is 5.44. The van der Waals surface area contributed by atoms with E-state index in [1.54, 1.807) is 24.3 Å². The van der Waals surface area contributed by atoms with Crippen molar-refractivity contribution in [3.05, 3.63) is 89.5 Å². The van der Waals surface area contributed by atoms with Crippen molar-refractivity contribution in [1.82, 2.24) is 5.32 Å². The van der Waals surface area contributed by atoms with E-state index in [0.29, 0.717) is 12.1 Å². The normalized spacial score (nSPS) is 21.9. The molecule has 5 rings (SSSR count). The summed E-state index contributed by atoms with van der Waals surface area (Å²) in [5.41, 5.74) is 3.32. The monoisotopic (exact) mass is 515 g/mol. The number of anilines is 2. The molecule has 0 radical (unpaired) electrons. The maximum Gasteiger partial charge on any atom is 0.406 e. The number of sulfonamides is 1. The van der Waals surface area contributed by atoms with Crippen LogP contribution in [0.2, 0.25) is 0 Å². The van der Waals surface area contributed by atoms with E-state index in [9.17, 15) is 13.2 Å². The van der Waals surface area contributed by atoms with Gasteiger partial charge in [0, 0.05) is 19.3 Å². The van der Waals surface area contributed by atoms with Gasteiger partial charge >= 0.3 is 6.09 Å². The topological polar surface area (TPSA) is 79.0 Å². The largest absolute Gasteiger partial charge is 0.453 e. The highest BCUT2D eigenvalue weighted by Crippen LogP contribution is 2.60. The molecule has 0 saturated carbocycles. The van der Waals surface area contributed by atoms with Crippen molar-refractivity contribution >= 4 is 27.5 Å². The molecule has 190 valence electrons. The third-order valence-corrected chi connectivity index (χ3v) is 9.36. The lowest BCUT2D eigenvalue weighted by atomic mass is 9.63. The zero-order chi connectivity index (χ0) is 26.4. The van der Waals surface area contributed by atoms with E-state index < -0.39 is 33.6 Å². The van der Waals surface area contributed by atoms with Crippen LogP contribution < -0.4 is 14.5 Å². The van der Waals surface area contributed by atoms with Crippen molar-refractivity contribution in [2.24, 2.45) is 0 Å². The summed E-state index contributed by atoms with van der Waals surface area (Å²) in [5, 5.41) is 2.78. The minimum atomic E-state index is -4.00. The fourth-order valence-corrected chi connectivity index (χ4v) is 7.70. The van der Waals surface area contributed by atoms with Gasteiger partial charge in [0.05, 0.1) is 29.0 Å². The van der Waals surface area contributed by atoms with Crippen LogP contribution in [0.5, 0.6) is 0 Å². The number of alkyl carbamates (subject to hydrolysis) is 1. The Morgan fingerprint density at radius 2 is 1.70 bits per heavy atom. The van der Waals surface area contributed by atoms with Crippen LogP contribution in [0.25, 0.3) is 0 Å². The van der Waals surface area contributed by atoms with Crippen LogP contribution in [-0.4, -0.2) is 41.4 Å². The highest BCUT2D eigenvalue weighted by Gasteiger charge is 2.62. The number of likely N-dealkylation sites (N-methyl/N-ethyl adjacent to an activating group) is 1. The Balaban J connectivity index is 1.79. The number of amides is 1. The van der Waals surface area contributed by atoms with E-state index in [1.807, 2.05) is 67.4 Å². The standard InChI is InChI=1S/C29H29N3O4S/c1-5-23-22-10-6-8-12-25(22)32(37(34,35)21-16-14-20(2)15-17-21)27-29(23,18-19-30-28(33)36-4)24-11-7-9-13-26(24)31(27)3/h1,6-17,23,27H,18-19H2,2-4H3,(H,30,33)/t23-,27+,29+/m0/s1. The Bertz CT molecular complexity index is 1500. The van der Waals surface area contributed by atoms with Crippen LogP contribution >= 0.6 is 0 Å². The Labute approximate surface area is 218 Å². The lowest BCUT2D eigenvalue weighted by Crippen LogP contribution is -2.62. The Kier molecular flexibility index (Phi) is 6.12. The number of rotatable bonds is 5. The van der Waals surface area contributed by atoms with Gasteiger partial charge in [0.2, 0.25) is 0 Å². The third-order valence-electron chi connectivity index (χ3n) is 7.57. The number of aryl methyl sites for hydroxylation is 1. The van der Waals surface area contributed by atoms with Crippen molar-refractivity contribution in [1.29, 1.82) is 0 Å². The fraction of sp³-hybridized carbons (Fsp3) is 0.276. The number of carbonyl (C=O) groups excluding carboxylic acids is 1. The predicted octanol–water partition coefficient (Wildman–Crippen LogP) is 4.38. The van der Waals surface area contributed by atoms with Gasteiger partial charge < -0.3 is 15.0 Å². The summed E-state index contributed by atoms with van der Waals surface area (Å²) in [6.45, 7) is 2.18.